The number of hydrogen-bond acceptors (Lipinski definition) is 3. The highest BCUT2D eigenvalue weighted by Gasteiger charge is 2.16. The molecule has 5 heteroatoms. The second-order valence-corrected chi connectivity index (χ2v) is 6.11. The highest BCUT2D eigenvalue weighted by Crippen LogP contribution is 2.42. The van der Waals surface area contributed by atoms with Crippen LogP contribution >= 0.6 is 31.9 Å². The number of aryl methyl sites for hydroxylation is 1. The molecule has 2 rings (SSSR count). The lowest BCUT2D eigenvalue weighted by Crippen LogP contribution is -2.00. The van der Waals surface area contributed by atoms with Crippen LogP contribution in [0.5, 0.6) is 11.5 Å². The van der Waals surface area contributed by atoms with Crippen LogP contribution in [-0.2, 0) is 6.61 Å². The molecule has 2 aromatic carbocycles. The fourth-order valence-corrected chi connectivity index (χ4v) is 2.86. The van der Waals surface area contributed by atoms with Crippen molar-refractivity contribution in [2.75, 3.05) is 7.11 Å². The van der Waals surface area contributed by atoms with Gasteiger partial charge in [-0.15, -0.1) is 0 Å². The lowest BCUT2D eigenvalue weighted by atomic mass is 10.1. The van der Waals surface area contributed by atoms with Crippen LogP contribution in [0.25, 0.3) is 0 Å². The maximum Gasteiger partial charge on any atom is 0.177 e. The molecule has 0 N–H and O–H groups in total. The van der Waals surface area contributed by atoms with E-state index in [1.54, 1.807) is 13.2 Å². The monoisotopic (exact) mass is 412 g/mol. The minimum atomic E-state index is 0.420. The average molecular weight is 414 g/mol. The van der Waals surface area contributed by atoms with Crippen molar-refractivity contribution in [3.63, 3.8) is 0 Å². The van der Waals surface area contributed by atoms with Crippen molar-refractivity contribution in [3.8, 4) is 11.5 Å². The molecule has 21 heavy (non-hydrogen) atoms. The van der Waals surface area contributed by atoms with Crippen LogP contribution in [0.3, 0.4) is 0 Å². The Labute approximate surface area is 140 Å². The van der Waals surface area contributed by atoms with E-state index >= 15 is 0 Å². The Morgan fingerprint density at radius 3 is 2.57 bits per heavy atom. The quantitative estimate of drug-likeness (QED) is 0.652. The minimum Gasteiger partial charge on any atom is -0.493 e. The normalized spacial score (nSPS) is 10.3. The van der Waals surface area contributed by atoms with Crippen molar-refractivity contribution >= 4 is 38.1 Å². The fourth-order valence-electron chi connectivity index (χ4n) is 1.93. The van der Waals surface area contributed by atoms with E-state index in [1.165, 1.54) is 5.56 Å². The topological polar surface area (TPSA) is 35.5 Å². The molecule has 0 bridgehead atoms. The number of methoxy groups -OCH3 is 1. The molecule has 0 amide bonds. The number of aldehydes is 1. The molecule has 0 aliphatic heterocycles. The number of benzene rings is 2. The summed E-state index contributed by atoms with van der Waals surface area (Å²) in [6.45, 7) is 2.46. The first-order valence-corrected chi connectivity index (χ1v) is 7.85. The van der Waals surface area contributed by atoms with Gasteiger partial charge in [-0.1, -0.05) is 29.8 Å². The van der Waals surface area contributed by atoms with Gasteiger partial charge in [0.25, 0.3) is 0 Å². The predicted octanol–water partition coefficient (Wildman–Crippen LogP) is 4.92. The van der Waals surface area contributed by atoms with Gasteiger partial charge in [-0.05, 0) is 50.4 Å². The number of carbonyl (C=O) groups is 1. The van der Waals surface area contributed by atoms with Gasteiger partial charge in [-0.2, -0.15) is 0 Å². The van der Waals surface area contributed by atoms with Gasteiger partial charge >= 0.3 is 0 Å². The summed E-state index contributed by atoms with van der Waals surface area (Å²) in [7, 11) is 1.55. The maximum atomic E-state index is 11.0. The SMILES string of the molecule is COc1cc(C=O)c(Br)c(Br)c1OCc1cccc(C)c1. The average Bonchev–Trinajstić information content (AvgIpc) is 2.48. The van der Waals surface area contributed by atoms with Gasteiger partial charge in [0, 0.05) is 10.0 Å². The Balaban J connectivity index is 2.31. The van der Waals surface area contributed by atoms with Crippen LogP contribution < -0.4 is 9.47 Å². The zero-order valence-electron chi connectivity index (χ0n) is 11.7. The molecule has 3 nitrogen and oxygen atoms in total. The summed E-state index contributed by atoms with van der Waals surface area (Å²) in [6, 6.07) is 9.74. The molecule has 0 fully saturated rings. The molecule has 0 saturated heterocycles. The standard InChI is InChI=1S/C16H14Br2O3/c1-10-4-3-5-11(6-10)9-21-16-13(20-2)7-12(8-19)14(17)15(16)18/h3-8H,9H2,1-2H3. The summed E-state index contributed by atoms with van der Waals surface area (Å²) in [5, 5.41) is 0. The third kappa shape index (κ3) is 3.66. The first kappa shape index (κ1) is 16.0. The van der Waals surface area contributed by atoms with Gasteiger partial charge in [0.2, 0.25) is 0 Å². The first-order chi connectivity index (χ1) is 10.1. The van der Waals surface area contributed by atoms with Crippen molar-refractivity contribution in [2.45, 2.75) is 13.5 Å². The van der Waals surface area contributed by atoms with Crippen molar-refractivity contribution < 1.29 is 14.3 Å². The second-order valence-electron chi connectivity index (χ2n) is 4.52. The molecule has 0 saturated carbocycles. The van der Waals surface area contributed by atoms with Crippen LogP contribution in [0.4, 0.5) is 0 Å². The largest absolute Gasteiger partial charge is 0.493 e. The Kier molecular flexibility index (Phi) is 5.42. The molecule has 0 aromatic heterocycles. The van der Waals surface area contributed by atoms with Gasteiger partial charge < -0.3 is 9.47 Å². The van der Waals surface area contributed by atoms with Crippen molar-refractivity contribution in [1.82, 2.24) is 0 Å². The van der Waals surface area contributed by atoms with Gasteiger partial charge in [0.05, 0.1) is 11.6 Å². The molecule has 2 aromatic rings. The number of hydrogen-bond donors (Lipinski definition) is 0. The summed E-state index contributed by atoms with van der Waals surface area (Å²) in [4.78, 5) is 11.0. The van der Waals surface area contributed by atoms with Crippen molar-refractivity contribution in [1.29, 1.82) is 0 Å². The first-order valence-electron chi connectivity index (χ1n) is 6.26. The molecular weight excluding hydrogens is 400 g/mol. The van der Waals surface area contributed by atoms with Gasteiger partial charge in [0.1, 0.15) is 6.61 Å². The lowest BCUT2D eigenvalue weighted by molar-refractivity contribution is 0.112. The lowest BCUT2D eigenvalue weighted by Gasteiger charge is -2.15. The van der Waals surface area contributed by atoms with Crippen LogP contribution in [0.1, 0.15) is 21.5 Å². The molecule has 0 spiro atoms. The van der Waals surface area contributed by atoms with E-state index in [4.69, 9.17) is 9.47 Å². The molecule has 0 aliphatic rings. The van der Waals surface area contributed by atoms with E-state index in [9.17, 15) is 4.79 Å². The third-order valence-corrected chi connectivity index (χ3v) is 5.11. The van der Waals surface area contributed by atoms with Crippen molar-refractivity contribution in [3.05, 3.63) is 56.0 Å². The van der Waals surface area contributed by atoms with Gasteiger partial charge in [0.15, 0.2) is 17.8 Å². The number of ether oxygens (including phenoxy) is 2. The molecular formula is C16H14Br2O3. The van der Waals surface area contributed by atoms with E-state index in [1.807, 2.05) is 25.1 Å². The van der Waals surface area contributed by atoms with Gasteiger partial charge in [-0.25, -0.2) is 0 Å². The molecule has 110 valence electrons. The summed E-state index contributed by atoms with van der Waals surface area (Å²) in [5.74, 6) is 1.08. The summed E-state index contributed by atoms with van der Waals surface area (Å²) < 4.78 is 12.5. The van der Waals surface area contributed by atoms with Crippen LogP contribution in [-0.4, -0.2) is 13.4 Å². The second kappa shape index (κ2) is 7.09. The van der Waals surface area contributed by atoms with E-state index in [-0.39, 0.29) is 0 Å². The highest BCUT2D eigenvalue weighted by atomic mass is 79.9. The summed E-state index contributed by atoms with van der Waals surface area (Å²) in [6.07, 6.45) is 0.766. The highest BCUT2D eigenvalue weighted by molar-refractivity contribution is 9.13. The van der Waals surface area contributed by atoms with E-state index in [0.29, 0.717) is 32.6 Å². The summed E-state index contributed by atoms with van der Waals surface area (Å²) in [5.41, 5.74) is 2.75. The number of carbonyl (C=O) groups excluding carboxylic acids is 1. The fraction of sp³-hybridized carbons (Fsp3) is 0.188. The predicted molar refractivity (Wildman–Crippen MR) is 89.3 cm³/mol. The van der Waals surface area contributed by atoms with Crippen LogP contribution in [0.15, 0.2) is 39.3 Å². The Hall–Kier alpha value is -1.33. The van der Waals surface area contributed by atoms with Gasteiger partial charge in [-0.3, -0.25) is 4.79 Å². The molecule has 0 unspecified atom stereocenters. The van der Waals surface area contributed by atoms with Crippen LogP contribution in [0.2, 0.25) is 0 Å². The zero-order valence-corrected chi connectivity index (χ0v) is 14.8. The molecule has 0 heterocycles. The summed E-state index contributed by atoms with van der Waals surface area (Å²) >= 11 is 6.82. The van der Waals surface area contributed by atoms with E-state index in [0.717, 1.165) is 11.8 Å². The third-order valence-electron chi connectivity index (χ3n) is 2.97. The smallest absolute Gasteiger partial charge is 0.177 e. The maximum absolute atomic E-state index is 11.0. The Morgan fingerprint density at radius 1 is 1.19 bits per heavy atom. The molecule has 0 aliphatic carbocycles. The number of rotatable bonds is 5. The van der Waals surface area contributed by atoms with Crippen LogP contribution in [0, 0.1) is 6.92 Å². The molecule has 0 atom stereocenters. The van der Waals surface area contributed by atoms with Crippen molar-refractivity contribution in [2.24, 2.45) is 0 Å². The number of halogens is 2. The van der Waals surface area contributed by atoms with E-state index in [2.05, 4.69) is 37.9 Å². The minimum absolute atomic E-state index is 0.420. The zero-order chi connectivity index (χ0) is 15.4. The van der Waals surface area contributed by atoms with E-state index < -0.39 is 0 Å². The Bertz CT molecular complexity index is 669. The molecule has 0 radical (unpaired) electrons. The Morgan fingerprint density at radius 2 is 1.95 bits per heavy atom.